The molecule has 1 saturated heterocycles. The number of allylic oxidation sites excluding steroid dienone is 2. The van der Waals surface area contributed by atoms with Crippen LogP contribution in [-0.4, -0.2) is 67.0 Å². The predicted octanol–water partition coefficient (Wildman–Crippen LogP) is 4.66. The maximum atomic E-state index is 14.1. The van der Waals surface area contributed by atoms with Crippen LogP contribution in [0, 0.1) is 0 Å². The van der Waals surface area contributed by atoms with Gasteiger partial charge in [0, 0.05) is 32.4 Å². The molecule has 48 heavy (non-hydrogen) atoms. The summed E-state index contributed by atoms with van der Waals surface area (Å²) in [6.07, 6.45) is 2.92. The van der Waals surface area contributed by atoms with Crippen LogP contribution < -0.4 is 21.5 Å². The summed E-state index contributed by atoms with van der Waals surface area (Å²) in [5.41, 5.74) is 6.83. The minimum atomic E-state index is -4.59. The first kappa shape index (κ1) is 33.0. The van der Waals surface area contributed by atoms with Crippen molar-refractivity contribution >= 4 is 51.8 Å². The van der Waals surface area contributed by atoms with E-state index < -0.39 is 23.2 Å². The number of nitrogens with two attached hydrogens (primary N) is 1. The van der Waals surface area contributed by atoms with Crippen LogP contribution in [0.3, 0.4) is 0 Å². The topological polar surface area (TPSA) is 144 Å². The van der Waals surface area contributed by atoms with E-state index in [1.807, 2.05) is 11.8 Å². The van der Waals surface area contributed by atoms with Crippen LogP contribution in [0.4, 0.5) is 30.2 Å². The highest BCUT2D eigenvalue weighted by Crippen LogP contribution is 2.34. The lowest BCUT2D eigenvalue weighted by Crippen LogP contribution is -2.51. The first-order valence-electron chi connectivity index (χ1n) is 15.6. The van der Waals surface area contributed by atoms with E-state index in [1.54, 1.807) is 21.6 Å². The summed E-state index contributed by atoms with van der Waals surface area (Å²) in [5, 5.41) is 6.92. The fourth-order valence-electron chi connectivity index (χ4n) is 6.11. The summed E-state index contributed by atoms with van der Waals surface area (Å²) in [4.78, 5) is 53.1. The Labute approximate surface area is 278 Å². The zero-order valence-electron chi connectivity index (χ0n) is 26.1. The number of hydrogen-bond acceptors (Lipinski definition) is 8. The smallest absolute Gasteiger partial charge is 0.397 e. The lowest BCUT2D eigenvalue weighted by Gasteiger charge is -2.36. The van der Waals surface area contributed by atoms with E-state index in [1.165, 1.54) is 10.7 Å². The number of fused-ring (bicyclic) bond motifs is 1. The highest BCUT2D eigenvalue weighted by molar-refractivity contribution is 6.33. The van der Waals surface area contributed by atoms with Crippen LogP contribution >= 0.6 is 11.6 Å². The largest absolute Gasteiger partial charge is 0.416 e. The van der Waals surface area contributed by atoms with Gasteiger partial charge in [0.25, 0.3) is 11.5 Å². The van der Waals surface area contributed by atoms with Crippen molar-refractivity contribution in [3.8, 4) is 0 Å². The Bertz CT molecular complexity index is 1980. The summed E-state index contributed by atoms with van der Waals surface area (Å²) in [5.74, 6) is -0.339. The number of anilines is 3. The third kappa shape index (κ3) is 6.46. The second-order valence-corrected chi connectivity index (χ2v) is 12.0. The van der Waals surface area contributed by atoms with Gasteiger partial charge in [0.1, 0.15) is 12.2 Å². The Balaban J connectivity index is 1.35. The molecule has 0 bridgehead atoms. The van der Waals surface area contributed by atoms with Crippen molar-refractivity contribution in [3.63, 3.8) is 0 Å². The highest BCUT2D eigenvalue weighted by atomic mass is 35.5. The van der Waals surface area contributed by atoms with Gasteiger partial charge in [-0.05, 0) is 68.0 Å². The molecular formula is C32H33ClF3N9O3. The van der Waals surface area contributed by atoms with Crippen molar-refractivity contribution in [1.29, 1.82) is 0 Å². The Morgan fingerprint density at radius 2 is 1.88 bits per heavy atom. The second kappa shape index (κ2) is 13.3. The molecule has 0 saturated carbocycles. The first-order chi connectivity index (χ1) is 23.0. The zero-order valence-corrected chi connectivity index (χ0v) is 26.8. The van der Waals surface area contributed by atoms with Crippen molar-refractivity contribution in [2.45, 2.75) is 51.7 Å². The van der Waals surface area contributed by atoms with Crippen LogP contribution in [0.5, 0.6) is 0 Å². The number of halogens is 4. The number of benzene rings is 1. The monoisotopic (exact) mass is 683 g/mol. The maximum Gasteiger partial charge on any atom is 0.416 e. The third-order valence-corrected chi connectivity index (χ3v) is 8.85. The molecule has 1 aliphatic heterocycles. The predicted molar refractivity (Wildman–Crippen MR) is 175 cm³/mol. The number of amides is 2. The lowest BCUT2D eigenvalue weighted by atomic mass is 9.99. The fourth-order valence-corrected chi connectivity index (χ4v) is 6.34. The quantitative estimate of drug-likeness (QED) is 0.286. The summed E-state index contributed by atoms with van der Waals surface area (Å²) in [7, 11) is 0. The van der Waals surface area contributed by atoms with Gasteiger partial charge < -0.3 is 25.4 Å². The van der Waals surface area contributed by atoms with Crippen molar-refractivity contribution in [3.05, 3.63) is 80.8 Å². The number of nitrogens with one attached hydrogen (secondary N) is 1. The standard InChI is InChI=1S/C32H33ClF3N9O3/c1-2-24-27(42-13-15-43(16-14-42)29(47)26-22(37)9-6-12-38-26)30(48)45-31(40-28(41-45)19-7-4-3-5-8-19)44(24)18-25(46)39-23-11-10-20(17-21(23)33)32(34,35)36/h6-7,9-12,17H,2-5,8,13-16,18,37H2,1H3,(H,39,46). The van der Waals surface area contributed by atoms with Gasteiger partial charge >= 0.3 is 6.18 Å². The average Bonchev–Trinajstić information content (AvgIpc) is 3.53. The number of nitrogen functional groups attached to an aromatic ring is 1. The van der Waals surface area contributed by atoms with E-state index in [9.17, 15) is 27.6 Å². The van der Waals surface area contributed by atoms with E-state index >= 15 is 0 Å². The first-order valence-corrected chi connectivity index (χ1v) is 16.0. The summed E-state index contributed by atoms with van der Waals surface area (Å²) >= 11 is 6.11. The second-order valence-electron chi connectivity index (χ2n) is 11.6. The normalized spacial score (nSPS) is 15.5. The SMILES string of the molecule is CCc1c(N2CCN(C(=O)c3ncccc3N)CC2)c(=O)n2nc(C3=CCCCC3)nc2n1CC(=O)Nc1ccc(C(F)(F)F)cc1Cl. The van der Waals surface area contributed by atoms with Gasteiger partial charge in [-0.1, -0.05) is 24.6 Å². The van der Waals surface area contributed by atoms with E-state index in [-0.39, 0.29) is 53.4 Å². The van der Waals surface area contributed by atoms with Gasteiger partial charge in [-0.25, -0.2) is 4.98 Å². The van der Waals surface area contributed by atoms with Crippen molar-refractivity contribution in [2.75, 3.05) is 42.1 Å². The number of piperazine rings is 1. The van der Waals surface area contributed by atoms with E-state index in [0.717, 1.165) is 49.5 Å². The van der Waals surface area contributed by atoms with Gasteiger partial charge in [-0.3, -0.25) is 14.4 Å². The van der Waals surface area contributed by atoms with Crippen molar-refractivity contribution < 1.29 is 22.8 Å². The molecule has 6 rings (SSSR count). The Kier molecular flexibility index (Phi) is 9.14. The van der Waals surface area contributed by atoms with Crippen molar-refractivity contribution in [2.24, 2.45) is 0 Å². The van der Waals surface area contributed by atoms with Crippen LogP contribution in [0.15, 0.2) is 47.4 Å². The van der Waals surface area contributed by atoms with Gasteiger partial charge in [-0.15, -0.1) is 5.10 Å². The van der Waals surface area contributed by atoms with Gasteiger partial charge in [0.05, 0.1) is 27.7 Å². The van der Waals surface area contributed by atoms with Crippen LogP contribution in [-0.2, 0) is 23.9 Å². The number of alkyl halides is 3. The van der Waals surface area contributed by atoms with E-state index in [2.05, 4.69) is 21.5 Å². The number of aromatic nitrogens is 5. The Morgan fingerprint density at radius 3 is 2.52 bits per heavy atom. The van der Waals surface area contributed by atoms with Gasteiger partial charge in [-0.2, -0.15) is 22.7 Å². The summed E-state index contributed by atoms with van der Waals surface area (Å²) in [6, 6.07) is 5.94. The number of pyridine rings is 1. The molecule has 0 atom stereocenters. The highest BCUT2D eigenvalue weighted by Gasteiger charge is 2.32. The van der Waals surface area contributed by atoms with Crippen LogP contribution in [0.2, 0.25) is 5.02 Å². The van der Waals surface area contributed by atoms with Crippen LogP contribution in [0.1, 0.15) is 60.2 Å². The summed E-state index contributed by atoms with van der Waals surface area (Å²) < 4.78 is 42.3. The lowest BCUT2D eigenvalue weighted by molar-refractivity contribution is -0.137. The van der Waals surface area contributed by atoms with Gasteiger partial charge in [0.2, 0.25) is 11.7 Å². The molecule has 0 unspecified atom stereocenters. The number of rotatable bonds is 7. The van der Waals surface area contributed by atoms with Crippen LogP contribution in [0.25, 0.3) is 11.4 Å². The van der Waals surface area contributed by atoms with E-state index in [4.69, 9.17) is 22.3 Å². The van der Waals surface area contributed by atoms with E-state index in [0.29, 0.717) is 36.7 Å². The zero-order chi connectivity index (χ0) is 34.2. The number of nitrogens with zero attached hydrogens (tertiary/aromatic N) is 7. The Hall–Kier alpha value is -4.92. The average molecular weight is 684 g/mol. The third-order valence-electron chi connectivity index (χ3n) is 8.54. The maximum absolute atomic E-state index is 14.1. The molecule has 3 aromatic heterocycles. The molecule has 0 spiro atoms. The number of carbonyl (C=O) groups is 2. The molecule has 2 aliphatic rings. The molecule has 2 amide bonds. The number of hydrogen-bond donors (Lipinski definition) is 2. The minimum Gasteiger partial charge on any atom is -0.397 e. The molecule has 12 nitrogen and oxygen atoms in total. The molecule has 1 aliphatic carbocycles. The number of carbonyl (C=O) groups excluding carboxylic acids is 2. The van der Waals surface area contributed by atoms with Crippen molar-refractivity contribution in [1.82, 2.24) is 29.0 Å². The molecule has 4 heterocycles. The molecule has 3 N–H and O–H groups in total. The van der Waals surface area contributed by atoms with Gasteiger partial charge in [0.15, 0.2) is 11.5 Å². The summed E-state index contributed by atoms with van der Waals surface area (Å²) in [6.45, 7) is 2.72. The minimum absolute atomic E-state index is 0.00820. The molecule has 1 fully saturated rings. The Morgan fingerprint density at radius 1 is 1.10 bits per heavy atom. The molecule has 1 aromatic carbocycles. The molecule has 4 aromatic rings. The molecular weight excluding hydrogens is 651 g/mol. The molecule has 252 valence electrons. The molecule has 16 heteroatoms. The fraction of sp³-hybridized carbons (Fsp3) is 0.375. The molecule has 0 radical (unpaired) electrons.